The molecule has 1 fully saturated rings. The molecule has 0 aromatic carbocycles. The minimum Gasteiger partial charge on any atom is -0.312 e. The van der Waals surface area contributed by atoms with Crippen LogP contribution in [-0.2, 0) is 12.0 Å². The lowest BCUT2D eigenvalue weighted by Crippen LogP contribution is -2.30. The molecule has 84 valence electrons. The van der Waals surface area contributed by atoms with Crippen molar-refractivity contribution in [3.63, 3.8) is 0 Å². The number of hydrogen-bond donors (Lipinski definition) is 1. The first-order valence-corrected chi connectivity index (χ1v) is 5.70. The molecule has 1 unspecified atom stereocenters. The Morgan fingerprint density at radius 2 is 2.33 bits per heavy atom. The van der Waals surface area contributed by atoms with Crippen molar-refractivity contribution in [2.24, 2.45) is 0 Å². The summed E-state index contributed by atoms with van der Waals surface area (Å²) >= 11 is 0. The van der Waals surface area contributed by atoms with Crippen molar-refractivity contribution >= 4 is 0 Å². The first-order valence-electron chi connectivity index (χ1n) is 5.70. The molecule has 0 saturated carbocycles. The zero-order chi connectivity index (χ0) is 10.9. The standard InChI is InChI=1S/C11H20N4/c1-11(2,3)10-7-13-14-15(10)8-9-5-4-6-12-9/h7,9,12H,4-6,8H2,1-3H3. The minimum atomic E-state index is 0.127. The Morgan fingerprint density at radius 3 is 2.93 bits per heavy atom. The predicted octanol–water partition coefficient (Wildman–Crippen LogP) is 1.33. The van der Waals surface area contributed by atoms with Crippen LogP contribution in [0.25, 0.3) is 0 Å². The van der Waals surface area contributed by atoms with E-state index in [0.717, 1.165) is 13.1 Å². The van der Waals surface area contributed by atoms with Crippen LogP contribution in [0.5, 0.6) is 0 Å². The monoisotopic (exact) mass is 208 g/mol. The third-order valence-corrected chi connectivity index (χ3v) is 2.94. The number of rotatable bonds is 2. The number of aromatic nitrogens is 3. The molecule has 2 heterocycles. The highest BCUT2D eigenvalue weighted by Gasteiger charge is 2.22. The van der Waals surface area contributed by atoms with Crippen molar-refractivity contribution in [1.29, 1.82) is 0 Å². The molecule has 0 bridgehead atoms. The Kier molecular flexibility index (Phi) is 2.78. The molecule has 4 nitrogen and oxygen atoms in total. The molecule has 1 N–H and O–H groups in total. The highest BCUT2D eigenvalue weighted by molar-refractivity contribution is 5.08. The van der Waals surface area contributed by atoms with Gasteiger partial charge >= 0.3 is 0 Å². The van der Waals surface area contributed by atoms with Gasteiger partial charge in [0.05, 0.1) is 18.4 Å². The Hall–Kier alpha value is -0.900. The zero-order valence-corrected chi connectivity index (χ0v) is 9.82. The second-order valence-electron chi connectivity index (χ2n) is 5.34. The minimum absolute atomic E-state index is 0.127. The Morgan fingerprint density at radius 1 is 1.53 bits per heavy atom. The highest BCUT2D eigenvalue weighted by Crippen LogP contribution is 2.21. The van der Waals surface area contributed by atoms with Gasteiger partial charge in [-0.2, -0.15) is 0 Å². The normalized spacial score (nSPS) is 22.2. The Labute approximate surface area is 91.1 Å². The average Bonchev–Trinajstić information content (AvgIpc) is 2.73. The van der Waals surface area contributed by atoms with E-state index in [1.807, 2.05) is 10.9 Å². The van der Waals surface area contributed by atoms with Crippen molar-refractivity contribution in [2.45, 2.75) is 51.6 Å². The van der Waals surface area contributed by atoms with Crippen LogP contribution >= 0.6 is 0 Å². The van der Waals surface area contributed by atoms with Crippen LogP contribution in [-0.4, -0.2) is 27.6 Å². The van der Waals surface area contributed by atoms with E-state index in [0.29, 0.717) is 6.04 Å². The summed E-state index contributed by atoms with van der Waals surface area (Å²) in [5.74, 6) is 0. The lowest BCUT2D eigenvalue weighted by molar-refractivity contribution is 0.422. The second-order valence-corrected chi connectivity index (χ2v) is 5.34. The molecule has 4 heteroatoms. The molecule has 0 spiro atoms. The maximum absolute atomic E-state index is 4.17. The van der Waals surface area contributed by atoms with Gasteiger partial charge in [-0.05, 0) is 19.4 Å². The fraction of sp³-hybridized carbons (Fsp3) is 0.818. The maximum Gasteiger partial charge on any atom is 0.0730 e. The summed E-state index contributed by atoms with van der Waals surface area (Å²) in [6.07, 6.45) is 4.42. The van der Waals surface area contributed by atoms with Gasteiger partial charge in [0.1, 0.15) is 0 Å². The molecule has 1 aliphatic rings. The van der Waals surface area contributed by atoms with Crippen LogP contribution in [0.4, 0.5) is 0 Å². The van der Waals surface area contributed by atoms with Crippen molar-refractivity contribution in [3.8, 4) is 0 Å². The summed E-state index contributed by atoms with van der Waals surface area (Å²) in [6.45, 7) is 8.69. The van der Waals surface area contributed by atoms with Crippen LogP contribution in [0.15, 0.2) is 6.20 Å². The van der Waals surface area contributed by atoms with Crippen LogP contribution in [0, 0.1) is 0 Å². The van der Waals surface area contributed by atoms with Crippen molar-refractivity contribution in [3.05, 3.63) is 11.9 Å². The molecule has 1 aromatic heterocycles. The third-order valence-electron chi connectivity index (χ3n) is 2.94. The smallest absolute Gasteiger partial charge is 0.0730 e. The molecule has 15 heavy (non-hydrogen) atoms. The predicted molar refractivity (Wildman–Crippen MR) is 59.7 cm³/mol. The second kappa shape index (κ2) is 3.93. The SMILES string of the molecule is CC(C)(C)c1cnnn1CC1CCCN1. The molecule has 0 aliphatic carbocycles. The van der Waals surface area contributed by atoms with E-state index in [2.05, 4.69) is 36.4 Å². The summed E-state index contributed by atoms with van der Waals surface area (Å²) in [7, 11) is 0. The van der Waals surface area contributed by atoms with Gasteiger partial charge in [0.15, 0.2) is 0 Å². The van der Waals surface area contributed by atoms with Gasteiger partial charge in [0, 0.05) is 11.5 Å². The molecule has 1 saturated heterocycles. The van der Waals surface area contributed by atoms with Gasteiger partial charge in [-0.3, -0.25) is 0 Å². The van der Waals surface area contributed by atoms with Crippen molar-refractivity contribution < 1.29 is 0 Å². The fourth-order valence-corrected chi connectivity index (χ4v) is 2.09. The zero-order valence-electron chi connectivity index (χ0n) is 9.82. The largest absolute Gasteiger partial charge is 0.312 e. The van der Waals surface area contributed by atoms with E-state index in [1.54, 1.807) is 0 Å². The summed E-state index contributed by atoms with van der Waals surface area (Å²) in [5, 5.41) is 11.7. The van der Waals surface area contributed by atoms with E-state index in [-0.39, 0.29) is 5.41 Å². The van der Waals surface area contributed by atoms with Crippen molar-refractivity contribution in [1.82, 2.24) is 20.3 Å². The topological polar surface area (TPSA) is 42.7 Å². The summed E-state index contributed by atoms with van der Waals surface area (Å²) in [6, 6.07) is 0.577. The summed E-state index contributed by atoms with van der Waals surface area (Å²) < 4.78 is 2.04. The molecule has 0 amide bonds. The van der Waals surface area contributed by atoms with Gasteiger partial charge in [-0.15, -0.1) is 5.10 Å². The molecule has 1 aliphatic heterocycles. The lowest BCUT2D eigenvalue weighted by Gasteiger charge is -2.20. The van der Waals surface area contributed by atoms with Crippen LogP contribution in [0.1, 0.15) is 39.3 Å². The molecular formula is C11H20N4. The highest BCUT2D eigenvalue weighted by atomic mass is 15.4. The molecular weight excluding hydrogens is 188 g/mol. The lowest BCUT2D eigenvalue weighted by atomic mass is 9.92. The van der Waals surface area contributed by atoms with Gasteiger partial charge in [-0.25, -0.2) is 4.68 Å². The fourth-order valence-electron chi connectivity index (χ4n) is 2.09. The van der Waals surface area contributed by atoms with Gasteiger partial charge < -0.3 is 5.32 Å². The van der Waals surface area contributed by atoms with E-state index < -0.39 is 0 Å². The van der Waals surface area contributed by atoms with E-state index in [9.17, 15) is 0 Å². The van der Waals surface area contributed by atoms with Gasteiger partial charge in [-0.1, -0.05) is 26.0 Å². The quantitative estimate of drug-likeness (QED) is 0.797. The van der Waals surface area contributed by atoms with Gasteiger partial charge in [0.25, 0.3) is 0 Å². The van der Waals surface area contributed by atoms with Crippen LogP contribution in [0.2, 0.25) is 0 Å². The number of hydrogen-bond acceptors (Lipinski definition) is 3. The number of nitrogens with zero attached hydrogens (tertiary/aromatic N) is 3. The molecule has 0 radical (unpaired) electrons. The molecule has 1 aromatic rings. The van der Waals surface area contributed by atoms with Gasteiger partial charge in [0.2, 0.25) is 0 Å². The Balaban J connectivity index is 2.11. The van der Waals surface area contributed by atoms with E-state index >= 15 is 0 Å². The first-order chi connectivity index (χ1) is 7.07. The van der Waals surface area contributed by atoms with Crippen LogP contribution < -0.4 is 5.32 Å². The van der Waals surface area contributed by atoms with E-state index in [4.69, 9.17) is 0 Å². The van der Waals surface area contributed by atoms with E-state index in [1.165, 1.54) is 18.5 Å². The molecule has 2 rings (SSSR count). The Bertz CT molecular complexity index is 318. The first kappa shape index (κ1) is 10.6. The average molecular weight is 208 g/mol. The summed E-state index contributed by atoms with van der Waals surface area (Å²) in [4.78, 5) is 0. The maximum atomic E-state index is 4.17. The number of nitrogens with one attached hydrogen (secondary N) is 1. The molecule has 1 atom stereocenters. The summed E-state index contributed by atoms with van der Waals surface area (Å²) in [5.41, 5.74) is 1.35. The third kappa shape index (κ3) is 2.37. The van der Waals surface area contributed by atoms with Crippen molar-refractivity contribution in [2.75, 3.05) is 6.54 Å². The van der Waals surface area contributed by atoms with Crippen LogP contribution in [0.3, 0.4) is 0 Å².